The van der Waals surface area contributed by atoms with Gasteiger partial charge in [-0.3, -0.25) is 4.79 Å². The fourth-order valence-corrected chi connectivity index (χ4v) is 4.59. The maximum atomic E-state index is 12.2. The van der Waals surface area contributed by atoms with Gasteiger partial charge < -0.3 is 10.1 Å². The summed E-state index contributed by atoms with van der Waals surface area (Å²) < 4.78 is 8.11. The first kappa shape index (κ1) is 23.5. The lowest BCUT2D eigenvalue weighted by Gasteiger charge is -2.07. The molecule has 1 saturated heterocycles. The standard InChI is InChI=1S/C25H24ClN3O2S2/c1-2-3-4-5-14-31-21-12-6-17(7-13-21)23-18(15-22-24(30)27-25(32)33-22)16-29(28-23)20-10-8-19(26)9-11-20/h6-13,15-16H,2-5,14H2,1H3,(H,27,30,32)/b22-15+. The molecule has 0 radical (unpaired) electrons. The Morgan fingerprint density at radius 2 is 1.88 bits per heavy atom. The summed E-state index contributed by atoms with van der Waals surface area (Å²) in [6.07, 6.45) is 8.41. The number of halogens is 1. The molecule has 8 heteroatoms. The summed E-state index contributed by atoms with van der Waals surface area (Å²) in [6, 6.07) is 15.3. The lowest BCUT2D eigenvalue weighted by atomic mass is 10.1. The van der Waals surface area contributed by atoms with Gasteiger partial charge in [0.1, 0.15) is 10.1 Å². The second kappa shape index (κ2) is 11.0. The van der Waals surface area contributed by atoms with Crippen molar-refractivity contribution in [1.82, 2.24) is 15.1 Å². The molecule has 0 saturated carbocycles. The first-order valence-corrected chi connectivity index (χ1v) is 12.5. The molecule has 1 aliphatic heterocycles. The number of carbonyl (C=O) groups excluding carboxylic acids is 1. The lowest BCUT2D eigenvalue weighted by molar-refractivity contribution is -0.115. The molecule has 0 unspecified atom stereocenters. The molecule has 1 fully saturated rings. The van der Waals surface area contributed by atoms with Gasteiger partial charge in [-0.05, 0) is 61.0 Å². The maximum Gasteiger partial charge on any atom is 0.263 e. The molecule has 1 N–H and O–H groups in total. The molecule has 1 aromatic heterocycles. The summed E-state index contributed by atoms with van der Waals surface area (Å²) >= 11 is 12.4. The van der Waals surface area contributed by atoms with Crippen molar-refractivity contribution in [3.05, 3.63) is 70.2 Å². The Balaban J connectivity index is 1.62. The summed E-state index contributed by atoms with van der Waals surface area (Å²) in [6.45, 7) is 2.91. The maximum absolute atomic E-state index is 12.2. The number of hydrogen-bond acceptors (Lipinski definition) is 5. The van der Waals surface area contributed by atoms with Crippen LogP contribution in [-0.2, 0) is 4.79 Å². The van der Waals surface area contributed by atoms with Crippen LogP contribution in [0.3, 0.4) is 0 Å². The average Bonchev–Trinajstić information content (AvgIpc) is 3.37. The Kier molecular flexibility index (Phi) is 7.85. The van der Waals surface area contributed by atoms with E-state index in [9.17, 15) is 4.79 Å². The van der Waals surface area contributed by atoms with Gasteiger partial charge in [0.15, 0.2) is 0 Å². The van der Waals surface area contributed by atoms with E-state index in [0.29, 0.717) is 20.9 Å². The largest absolute Gasteiger partial charge is 0.494 e. The number of aromatic nitrogens is 2. The van der Waals surface area contributed by atoms with E-state index >= 15 is 0 Å². The van der Waals surface area contributed by atoms with Crippen LogP contribution in [0.4, 0.5) is 0 Å². The highest BCUT2D eigenvalue weighted by atomic mass is 35.5. The van der Waals surface area contributed by atoms with Crippen molar-refractivity contribution in [1.29, 1.82) is 0 Å². The van der Waals surface area contributed by atoms with E-state index in [1.165, 1.54) is 31.0 Å². The number of amides is 1. The minimum absolute atomic E-state index is 0.193. The molecule has 0 aliphatic carbocycles. The van der Waals surface area contributed by atoms with Crippen molar-refractivity contribution in [2.45, 2.75) is 32.6 Å². The highest BCUT2D eigenvalue weighted by Crippen LogP contribution is 2.31. The van der Waals surface area contributed by atoms with E-state index in [0.717, 1.165) is 34.7 Å². The smallest absolute Gasteiger partial charge is 0.263 e. The average molecular weight is 498 g/mol. The normalized spacial score (nSPS) is 14.7. The van der Waals surface area contributed by atoms with Crippen molar-refractivity contribution in [2.24, 2.45) is 0 Å². The van der Waals surface area contributed by atoms with Crippen molar-refractivity contribution in [2.75, 3.05) is 6.61 Å². The predicted octanol–water partition coefficient (Wildman–Crippen LogP) is 6.64. The molecule has 0 atom stereocenters. The minimum Gasteiger partial charge on any atom is -0.494 e. The third kappa shape index (κ3) is 6.05. The Hall–Kier alpha value is -2.61. The quantitative estimate of drug-likeness (QED) is 0.204. The third-order valence-corrected chi connectivity index (χ3v) is 6.57. The van der Waals surface area contributed by atoms with Crippen LogP contribution in [0.25, 0.3) is 23.0 Å². The fraction of sp³-hybridized carbons (Fsp3) is 0.240. The van der Waals surface area contributed by atoms with Gasteiger partial charge in [-0.25, -0.2) is 4.68 Å². The first-order valence-electron chi connectivity index (χ1n) is 10.9. The Morgan fingerprint density at radius 1 is 1.12 bits per heavy atom. The second-order valence-corrected chi connectivity index (χ2v) is 9.80. The summed E-state index contributed by atoms with van der Waals surface area (Å²) in [7, 11) is 0. The van der Waals surface area contributed by atoms with Gasteiger partial charge in [0.05, 0.1) is 22.9 Å². The third-order valence-electron chi connectivity index (χ3n) is 5.16. The van der Waals surface area contributed by atoms with Crippen molar-refractivity contribution in [3.63, 3.8) is 0 Å². The van der Waals surface area contributed by atoms with Gasteiger partial charge >= 0.3 is 0 Å². The van der Waals surface area contributed by atoms with E-state index in [1.54, 1.807) is 4.68 Å². The molecule has 5 nitrogen and oxygen atoms in total. The zero-order valence-electron chi connectivity index (χ0n) is 18.2. The molecular formula is C25H24ClN3O2S2. The zero-order chi connectivity index (χ0) is 23.2. The Morgan fingerprint density at radius 3 is 2.55 bits per heavy atom. The summed E-state index contributed by atoms with van der Waals surface area (Å²) in [4.78, 5) is 12.8. The molecule has 2 heterocycles. The van der Waals surface area contributed by atoms with Gasteiger partial charge in [-0.1, -0.05) is 61.8 Å². The highest BCUT2D eigenvalue weighted by Gasteiger charge is 2.23. The monoisotopic (exact) mass is 497 g/mol. The Labute approximate surface area is 208 Å². The first-order chi connectivity index (χ1) is 16.0. The van der Waals surface area contributed by atoms with Crippen LogP contribution in [0.2, 0.25) is 5.02 Å². The molecule has 2 aromatic carbocycles. The molecule has 33 heavy (non-hydrogen) atoms. The van der Waals surface area contributed by atoms with Crippen molar-refractivity contribution < 1.29 is 9.53 Å². The van der Waals surface area contributed by atoms with Gasteiger partial charge in [-0.2, -0.15) is 5.10 Å². The van der Waals surface area contributed by atoms with Crippen LogP contribution in [-0.4, -0.2) is 26.6 Å². The van der Waals surface area contributed by atoms with Gasteiger partial charge in [-0.15, -0.1) is 0 Å². The molecule has 0 spiro atoms. The van der Waals surface area contributed by atoms with Gasteiger partial charge in [0.25, 0.3) is 5.91 Å². The number of rotatable bonds is 9. The SMILES string of the molecule is CCCCCCOc1ccc(-c2nn(-c3ccc(Cl)cc3)cc2/C=C2/SC(=S)NC2=O)cc1. The summed E-state index contributed by atoms with van der Waals surface area (Å²) in [5.74, 6) is 0.644. The van der Waals surface area contributed by atoms with E-state index in [4.69, 9.17) is 33.7 Å². The number of hydrogen-bond donors (Lipinski definition) is 1. The van der Waals surface area contributed by atoms with Crippen LogP contribution >= 0.6 is 35.6 Å². The van der Waals surface area contributed by atoms with Crippen LogP contribution < -0.4 is 10.1 Å². The number of thioether (sulfide) groups is 1. The number of thiocarbonyl (C=S) groups is 1. The summed E-state index contributed by atoms with van der Waals surface area (Å²) in [5, 5.41) is 8.12. The van der Waals surface area contributed by atoms with Crippen molar-refractivity contribution in [3.8, 4) is 22.7 Å². The number of nitrogens with one attached hydrogen (secondary N) is 1. The Bertz CT molecular complexity index is 1170. The number of ether oxygens (including phenoxy) is 1. The van der Waals surface area contributed by atoms with Crippen molar-refractivity contribution >= 4 is 51.9 Å². The number of carbonyl (C=O) groups is 1. The minimum atomic E-state index is -0.193. The number of nitrogens with zero attached hydrogens (tertiary/aromatic N) is 2. The molecule has 1 aliphatic rings. The number of unbranched alkanes of at least 4 members (excludes halogenated alkanes) is 3. The van der Waals surface area contributed by atoms with Crippen LogP contribution in [0.1, 0.15) is 38.2 Å². The van der Waals surface area contributed by atoms with Crippen LogP contribution in [0, 0.1) is 0 Å². The predicted molar refractivity (Wildman–Crippen MR) is 140 cm³/mol. The van der Waals surface area contributed by atoms with Crippen LogP contribution in [0.15, 0.2) is 59.6 Å². The topological polar surface area (TPSA) is 56.1 Å². The highest BCUT2D eigenvalue weighted by molar-refractivity contribution is 8.26. The van der Waals surface area contributed by atoms with E-state index in [-0.39, 0.29) is 5.91 Å². The van der Waals surface area contributed by atoms with Crippen LogP contribution in [0.5, 0.6) is 5.75 Å². The van der Waals surface area contributed by atoms with E-state index in [2.05, 4.69) is 12.2 Å². The van der Waals surface area contributed by atoms with E-state index < -0.39 is 0 Å². The molecule has 170 valence electrons. The van der Waals surface area contributed by atoms with E-state index in [1.807, 2.05) is 60.8 Å². The summed E-state index contributed by atoms with van der Waals surface area (Å²) in [5.41, 5.74) is 3.38. The second-order valence-electron chi connectivity index (χ2n) is 7.64. The molecule has 0 bridgehead atoms. The number of benzene rings is 2. The molecule has 3 aromatic rings. The van der Waals surface area contributed by atoms with Gasteiger partial charge in [0.2, 0.25) is 0 Å². The zero-order valence-corrected chi connectivity index (χ0v) is 20.6. The molecular weight excluding hydrogens is 474 g/mol. The van der Waals surface area contributed by atoms with Gasteiger partial charge in [0, 0.05) is 22.3 Å². The fourth-order valence-electron chi connectivity index (χ4n) is 3.43. The lowest BCUT2D eigenvalue weighted by Crippen LogP contribution is -2.17. The molecule has 4 rings (SSSR count). The molecule has 1 amide bonds.